The number of rotatable bonds is 27. The lowest BCUT2D eigenvalue weighted by molar-refractivity contribution is -0.148. The fourth-order valence-corrected chi connectivity index (χ4v) is 6.82. The van der Waals surface area contributed by atoms with E-state index in [4.69, 9.17) is 14.5 Å². The largest absolute Gasteiger partial charge is 0.568 e. The Morgan fingerprint density at radius 1 is 0.780 bits per heavy atom. The number of Topliss-reactive ketones (excluding diaryl/α,β-unsaturated/α-hetero) is 2. The minimum absolute atomic E-state index is 0.0104. The summed E-state index contributed by atoms with van der Waals surface area (Å²) >= 11 is 0. The van der Waals surface area contributed by atoms with Gasteiger partial charge in [0.15, 0.2) is 5.78 Å². The maximum Gasteiger partial charge on any atom is 0.568 e. The van der Waals surface area contributed by atoms with Gasteiger partial charge in [-0.25, -0.2) is 0 Å². The average Bonchev–Trinajstić information content (AvgIpc) is 3.63. The summed E-state index contributed by atoms with van der Waals surface area (Å²) in [5.41, 5.74) is 0.933. The minimum atomic E-state index is -0.462. The molecule has 1 radical (unpaired) electrons. The monoisotopic (exact) mass is 828 g/mol. The standard InChI is InChI=1S/C24H40O4.C16H24O3.C8H16BO3/c1-5-6-9-12-20(25)15-16-21-19(4)17-23(26)22(21)13-10-7-8-11-14-24(27)28-18(2)3;1-12(2)19-16(18)9-7-5-4-6-8-14-10-13(3)11-15(14)17;1-2-3-4-5-8(10)6-7-12-9-11/h7,10,15-16,18-22,25H,5-6,8-9,11-14,17H2,1-4H3;4,6,10,12-13H,5,7-9,11H2,1-3H3;6-8,10-11H,2-5H2,1H3/b10-7-,16-15+;6-4-;7-6+/t19-,20?,21+,22-;13-;/m10./s1. The van der Waals surface area contributed by atoms with E-state index in [0.29, 0.717) is 51.0 Å². The lowest BCUT2D eigenvalue weighted by atomic mass is 9.87. The normalized spacial score (nSPS) is 20.3. The third kappa shape index (κ3) is 30.4. The summed E-state index contributed by atoms with van der Waals surface area (Å²) in [5.74, 6) is 1.26. The van der Waals surface area contributed by atoms with E-state index in [1.165, 1.54) is 12.3 Å². The van der Waals surface area contributed by atoms with Gasteiger partial charge in [-0.2, -0.15) is 0 Å². The minimum Gasteiger partial charge on any atom is -0.543 e. The van der Waals surface area contributed by atoms with E-state index in [1.807, 2.05) is 45.9 Å². The highest BCUT2D eigenvalue weighted by Gasteiger charge is 2.37. The Hall–Kier alpha value is -3.28. The van der Waals surface area contributed by atoms with Crippen molar-refractivity contribution in [2.45, 2.75) is 195 Å². The molecule has 0 amide bonds. The van der Waals surface area contributed by atoms with E-state index in [1.54, 1.807) is 0 Å². The number of ether oxygens (including phenoxy) is 2. The maximum atomic E-state index is 12.4. The van der Waals surface area contributed by atoms with E-state index < -0.39 is 12.2 Å². The van der Waals surface area contributed by atoms with E-state index in [9.17, 15) is 29.4 Å². The number of aliphatic hydroxyl groups is 2. The third-order valence-corrected chi connectivity index (χ3v) is 9.91. The van der Waals surface area contributed by atoms with Crippen LogP contribution in [-0.4, -0.2) is 70.8 Å². The summed E-state index contributed by atoms with van der Waals surface area (Å²) in [6.45, 7) is 15.9. The van der Waals surface area contributed by atoms with Gasteiger partial charge in [-0.15, -0.1) is 0 Å². The van der Waals surface area contributed by atoms with Crippen molar-refractivity contribution in [3.63, 3.8) is 0 Å². The van der Waals surface area contributed by atoms with Crippen molar-refractivity contribution in [3.8, 4) is 0 Å². The second kappa shape index (κ2) is 35.5. The molecule has 0 heterocycles. The SMILES string of the molecule is CC(C)OC(=O)CCC/C=C\CC1=C[C@H](C)CC1=O.CCCCCC(O)/C=C/O[B]O.CCCCCC(O)/C=C/[C@H]1[C@H](C)CC(=O)[C@@H]1C/C=C\CCCC(=O)OC(C)C. The third-order valence-electron chi connectivity index (χ3n) is 9.91. The van der Waals surface area contributed by atoms with Crippen molar-refractivity contribution in [1.29, 1.82) is 0 Å². The summed E-state index contributed by atoms with van der Waals surface area (Å²) in [7, 11) is 0.579. The predicted octanol–water partition coefficient (Wildman–Crippen LogP) is 9.97. The number of hydrogen-bond donors (Lipinski definition) is 3. The molecule has 2 aliphatic rings. The van der Waals surface area contributed by atoms with Gasteiger partial charge < -0.3 is 29.4 Å². The Kier molecular flexibility index (Phi) is 33.5. The first-order valence-electron chi connectivity index (χ1n) is 22.4. The van der Waals surface area contributed by atoms with Gasteiger partial charge in [-0.05, 0) is 108 Å². The van der Waals surface area contributed by atoms with Gasteiger partial charge in [0.05, 0.1) is 30.7 Å². The van der Waals surface area contributed by atoms with E-state index in [-0.39, 0.29) is 41.8 Å². The molecule has 0 aliphatic heterocycles. The van der Waals surface area contributed by atoms with Crippen LogP contribution in [0, 0.1) is 23.7 Å². The summed E-state index contributed by atoms with van der Waals surface area (Å²) in [6, 6.07) is 0. The number of allylic oxidation sites excluding steroid dienone is 7. The van der Waals surface area contributed by atoms with Gasteiger partial charge in [-0.3, -0.25) is 19.2 Å². The highest BCUT2D eigenvalue weighted by atomic mass is 16.5. The van der Waals surface area contributed by atoms with Gasteiger partial charge in [0.1, 0.15) is 5.78 Å². The van der Waals surface area contributed by atoms with Crippen molar-refractivity contribution in [2.75, 3.05) is 0 Å². The Bertz CT molecular complexity index is 1300. The number of carbonyl (C=O) groups is 4. The highest BCUT2D eigenvalue weighted by Crippen LogP contribution is 2.37. The number of hydrogen-bond acceptors (Lipinski definition) is 10. The maximum absolute atomic E-state index is 12.4. The average molecular weight is 828 g/mol. The summed E-state index contributed by atoms with van der Waals surface area (Å²) in [4.78, 5) is 46.7. The molecule has 10 nitrogen and oxygen atoms in total. The second-order valence-electron chi connectivity index (χ2n) is 16.5. The molecule has 0 aromatic carbocycles. The Labute approximate surface area is 358 Å². The molecule has 6 atom stereocenters. The Morgan fingerprint density at radius 3 is 1.81 bits per heavy atom. The molecule has 3 N–H and O–H groups in total. The van der Waals surface area contributed by atoms with Gasteiger partial charge in [0, 0.05) is 31.6 Å². The number of carbonyl (C=O) groups excluding carboxylic acids is 4. The molecule has 2 rings (SSSR count). The molecule has 0 spiro atoms. The summed E-state index contributed by atoms with van der Waals surface area (Å²) in [6.07, 6.45) is 31.1. The molecule has 0 aromatic heterocycles. The molecular weight excluding hydrogens is 747 g/mol. The fourth-order valence-electron chi connectivity index (χ4n) is 6.82. The first kappa shape index (κ1) is 55.7. The van der Waals surface area contributed by atoms with Crippen LogP contribution in [-0.2, 0) is 33.3 Å². The zero-order valence-electron chi connectivity index (χ0n) is 37.8. The van der Waals surface area contributed by atoms with Crippen molar-refractivity contribution >= 4 is 31.2 Å². The first-order valence-corrected chi connectivity index (χ1v) is 22.4. The Morgan fingerprint density at radius 2 is 1.32 bits per heavy atom. The topological polar surface area (TPSA) is 157 Å². The van der Waals surface area contributed by atoms with Crippen LogP contribution in [0.15, 0.2) is 60.4 Å². The first-order chi connectivity index (χ1) is 28.1. The zero-order valence-corrected chi connectivity index (χ0v) is 37.8. The highest BCUT2D eigenvalue weighted by molar-refractivity contribution is 6.16. The molecule has 11 heteroatoms. The molecule has 0 aromatic rings. The smallest absolute Gasteiger partial charge is 0.543 e. The van der Waals surface area contributed by atoms with E-state index in [0.717, 1.165) is 95.5 Å². The van der Waals surface area contributed by atoms with Crippen LogP contribution < -0.4 is 0 Å². The van der Waals surface area contributed by atoms with Crippen molar-refractivity contribution < 1.29 is 48.5 Å². The van der Waals surface area contributed by atoms with Gasteiger partial charge >= 0.3 is 19.6 Å². The van der Waals surface area contributed by atoms with Crippen molar-refractivity contribution in [2.24, 2.45) is 23.7 Å². The van der Waals surface area contributed by atoms with Crippen LogP contribution >= 0.6 is 0 Å². The molecule has 1 saturated carbocycles. The van der Waals surface area contributed by atoms with Crippen molar-refractivity contribution in [3.05, 3.63) is 60.4 Å². The molecule has 0 saturated heterocycles. The van der Waals surface area contributed by atoms with Crippen LogP contribution in [0.1, 0.15) is 171 Å². The molecule has 59 heavy (non-hydrogen) atoms. The summed E-state index contributed by atoms with van der Waals surface area (Å²) in [5, 5.41) is 27.5. The lowest BCUT2D eigenvalue weighted by Gasteiger charge is -2.17. The molecule has 335 valence electrons. The van der Waals surface area contributed by atoms with Gasteiger partial charge in [0.25, 0.3) is 0 Å². The quantitative estimate of drug-likeness (QED) is 0.0239. The number of aliphatic hydroxyl groups excluding tert-OH is 2. The van der Waals surface area contributed by atoms with Gasteiger partial charge in [0.2, 0.25) is 0 Å². The Balaban J connectivity index is 0.000000935. The zero-order chi connectivity index (χ0) is 44.4. The molecule has 0 bridgehead atoms. The van der Waals surface area contributed by atoms with Crippen molar-refractivity contribution in [1.82, 2.24) is 0 Å². The van der Waals surface area contributed by atoms with Crippen LogP contribution in [0.5, 0.6) is 0 Å². The van der Waals surface area contributed by atoms with Crippen LogP contribution in [0.3, 0.4) is 0 Å². The van der Waals surface area contributed by atoms with Crippen LogP contribution in [0.2, 0.25) is 0 Å². The molecular formula is C48H80BO10. The van der Waals surface area contributed by atoms with Crippen LogP contribution in [0.25, 0.3) is 0 Å². The fraction of sp³-hybridized carbons (Fsp3) is 0.708. The summed E-state index contributed by atoms with van der Waals surface area (Å²) < 4.78 is 14.6. The predicted molar refractivity (Wildman–Crippen MR) is 238 cm³/mol. The lowest BCUT2D eigenvalue weighted by Crippen LogP contribution is -2.15. The molecule has 2 aliphatic carbocycles. The number of unbranched alkanes of at least 4 members (excludes halogenated alkanes) is 6. The number of esters is 2. The van der Waals surface area contributed by atoms with Gasteiger partial charge in [-0.1, -0.05) is 109 Å². The second-order valence-corrected chi connectivity index (χ2v) is 16.5. The van der Waals surface area contributed by atoms with Crippen LogP contribution in [0.4, 0.5) is 0 Å². The molecule has 2 unspecified atom stereocenters. The molecule has 1 fully saturated rings. The van der Waals surface area contributed by atoms with E-state index >= 15 is 0 Å². The number of ketones is 2. The van der Waals surface area contributed by atoms with E-state index in [2.05, 4.69) is 56.7 Å².